The van der Waals surface area contributed by atoms with Gasteiger partial charge >= 0.3 is 0 Å². The molecule has 2 aromatic carbocycles. The van der Waals surface area contributed by atoms with Gasteiger partial charge in [0.2, 0.25) is 0 Å². The van der Waals surface area contributed by atoms with Crippen LogP contribution in [0.3, 0.4) is 0 Å². The Hall–Kier alpha value is -2.29. The number of rotatable bonds is 3. The van der Waals surface area contributed by atoms with Crippen LogP contribution in [0.15, 0.2) is 66.9 Å². The topological polar surface area (TPSA) is 17.3 Å². The Morgan fingerprint density at radius 2 is 1.72 bits per heavy atom. The number of pyridine rings is 1. The van der Waals surface area contributed by atoms with Crippen molar-refractivity contribution >= 4 is 28.8 Å². The number of benzene rings is 2. The third kappa shape index (κ3) is 3.28. The van der Waals surface area contributed by atoms with Crippen LogP contribution in [-0.2, 0) is 6.42 Å². The van der Waals surface area contributed by atoms with Crippen molar-refractivity contribution < 1.29 is 0 Å². The molecule has 0 amide bonds. The Morgan fingerprint density at radius 1 is 0.920 bits per heavy atom. The fraction of sp³-hybridized carbons (Fsp3) is 0.0952. The van der Waals surface area contributed by atoms with Crippen molar-refractivity contribution in [3.63, 3.8) is 0 Å². The van der Waals surface area contributed by atoms with Crippen LogP contribution >= 0.6 is 23.2 Å². The maximum Gasteiger partial charge on any atom is 0.137 e. The lowest BCUT2D eigenvalue weighted by molar-refractivity contribution is 1.03. The minimum Gasteiger partial charge on any atom is -0.302 e. The van der Waals surface area contributed by atoms with Crippen LogP contribution < -0.4 is 0 Å². The summed E-state index contributed by atoms with van der Waals surface area (Å²) in [5.74, 6) is 0. The summed E-state index contributed by atoms with van der Waals surface area (Å²) in [6.45, 7) is 2.08. The molecule has 2 heterocycles. The molecule has 25 heavy (non-hydrogen) atoms. The number of fused-ring (bicyclic) bond motifs is 1. The van der Waals surface area contributed by atoms with Gasteiger partial charge in [-0.15, -0.1) is 0 Å². The van der Waals surface area contributed by atoms with Crippen molar-refractivity contribution in [2.75, 3.05) is 0 Å². The Kier molecular flexibility index (Phi) is 4.24. The SMILES string of the molecule is Cc1ccc(-c2nc3ccc(Cl)cn3c2Cc2cccc(Cl)c2)cc1. The predicted molar refractivity (Wildman–Crippen MR) is 105 cm³/mol. The summed E-state index contributed by atoms with van der Waals surface area (Å²) in [7, 11) is 0. The molecule has 0 spiro atoms. The Bertz CT molecular complexity index is 1050. The highest BCUT2D eigenvalue weighted by Crippen LogP contribution is 2.28. The number of aryl methyl sites for hydroxylation is 1. The van der Waals surface area contributed by atoms with Crippen LogP contribution in [0.5, 0.6) is 0 Å². The molecule has 4 rings (SSSR count). The summed E-state index contributed by atoms with van der Waals surface area (Å²) in [6.07, 6.45) is 2.65. The van der Waals surface area contributed by atoms with E-state index in [0.29, 0.717) is 5.02 Å². The lowest BCUT2D eigenvalue weighted by atomic mass is 10.0. The molecule has 0 aliphatic carbocycles. The van der Waals surface area contributed by atoms with E-state index >= 15 is 0 Å². The van der Waals surface area contributed by atoms with Gasteiger partial charge in [0.25, 0.3) is 0 Å². The van der Waals surface area contributed by atoms with Crippen LogP contribution in [0, 0.1) is 6.92 Å². The molecular formula is C21H16Cl2N2. The minimum absolute atomic E-state index is 0.688. The number of aromatic nitrogens is 2. The summed E-state index contributed by atoms with van der Waals surface area (Å²) in [5, 5.41) is 1.42. The summed E-state index contributed by atoms with van der Waals surface area (Å²) in [6, 6.07) is 20.2. The molecule has 0 saturated carbocycles. The summed E-state index contributed by atoms with van der Waals surface area (Å²) < 4.78 is 2.07. The van der Waals surface area contributed by atoms with E-state index in [9.17, 15) is 0 Å². The van der Waals surface area contributed by atoms with Crippen molar-refractivity contribution in [1.82, 2.24) is 9.38 Å². The van der Waals surface area contributed by atoms with E-state index in [0.717, 1.165) is 39.6 Å². The average Bonchev–Trinajstić information content (AvgIpc) is 2.93. The van der Waals surface area contributed by atoms with Crippen LogP contribution in [0.4, 0.5) is 0 Å². The van der Waals surface area contributed by atoms with Crippen molar-refractivity contribution in [3.05, 3.63) is 93.7 Å². The zero-order chi connectivity index (χ0) is 17.4. The molecule has 0 aliphatic heterocycles. The van der Waals surface area contributed by atoms with E-state index in [4.69, 9.17) is 28.2 Å². The summed E-state index contributed by atoms with van der Waals surface area (Å²) in [4.78, 5) is 4.84. The number of nitrogens with zero attached hydrogens (tertiary/aromatic N) is 2. The quantitative estimate of drug-likeness (QED) is 0.421. The second-order valence-electron chi connectivity index (χ2n) is 6.16. The fourth-order valence-electron chi connectivity index (χ4n) is 3.02. The highest BCUT2D eigenvalue weighted by Gasteiger charge is 2.15. The molecule has 4 aromatic rings. The van der Waals surface area contributed by atoms with Gasteiger partial charge in [-0.05, 0) is 36.8 Å². The third-order valence-corrected chi connectivity index (χ3v) is 4.73. The molecule has 0 unspecified atom stereocenters. The molecule has 0 atom stereocenters. The molecule has 124 valence electrons. The smallest absolute Gasteiger partial charge is 0.137 e. The first-order valence-electron chi connectivity index (χ1n) is 8.08. The standard InChI is InChI=1S/C21H16Cl2N2/c1-14-5-7-16(8-6-14)21-19(12-15-3-2-4-17(22)11-15)25-13-18(23)9-10-20(25)24-21/h2-11,13H,12H2,1H3. The molecule has 0 N–H and O–H groups in total. The Labute approximate surface area is 156 Å². The molecule has 2 aromatic heterocycles. The molecule has 0 aliphatic rings. The van der Waals surface area contributed by atoms with E-state index in [1.165, 1.54) is 5.56 Å². The normalized spacial score (nSPS) is 11.2. The van der Waals surface area contributed by atoms with Gasteiger partial charge in [-0.2, -0.15) is 0 Å². The van der Waals surface area contributed by atoms with Gasteiger partial charge in [0.15, 0.2) is 0 Å². The molecule has 0 bridgehead atoms. The van der Waals surface area contributed by atoms with Crippen molar-refractivity contribution in [2.45, 2.75) is 13.3 Å². The van der Waals surface area contributed by atoms with E-state index in [1.54, 1.807) is 0 Å². The zero-order valence-corrected chi connectivity index (χ0v) is 15.2. The Balaban J connectivity index is 1.91. The molecule has 0 saturated heterocycles. The van der Waals surface area contributed by atoms with Crippen molar-refractivity contribution in [1.29, 1.82) is 0 Å². The van der Waals surface area contributed by atoms with Gasteiger partial charge in [0.1, 0.15) is 5.65 Å². The van der Waals surface area contributed by atoms with Crippen molar-refractivity contribution in [2.24, 2.45) is 0 Å². The van der Waals surface area contributed by atoms with E-state index in [2.05, 4.69) is 41.7 Å². The predicted octanol–water partition coefficient (Wildman–Crippen LogP) is 6.21. The zero-order valence-electron chi connectivity index (χ0n) is 13.7. The van der Waals surface area contributed by atoms with Crippen molar-refractivity contribution in [3.8, 4) is 11.3 Å². The lowest BCUT2D eigenvalue weighted by Crippen LogP contribution is -1.97. The molecular weight excluding hydrogens is 351 g/mol. The van der Waals surface area contributed by atoms with Gasteiger partial charge in [0, 0.05) is 23.2 Å². The van der Waals surface area contributed by atoms with E-state index < -0.39 is 0 Å². The monoisotopic (exact) mass is 366 g/mol. The first kappa shape index (κ1) is 16.2. The van der Waals surface area contributed by atoms with Crippen LogP contribution in [0.1, 0.15) is 16.8 Å². The summed E-state index contributed by atoms with van der Waals surface area (Å²) in [5.41, 5.74) is 6.43. The van der Waals surface area contributed by atoms with Crippen LogP contribution in [0.25, 0.3) is 16.9 Å². The first-order valence-corrected chi connectivity index (χ1v) is 8.84. The first-order chi connectivity index (χ1) is 12.1. The third-order valence-electron chi connectivity index (χ3n) is 4.27. The Morgan fingerprint density at radius 3 is 2.48 bits per heavy atom. The van der Waals surface area contributed by atoms with Crippen LogP contribution in [-0.4, -0.2) is 9.38 Å². The lowest BCUT2D eigenvalue weighted by Gasteiger charge is -2.07. The number of hydrogen-bond acceptors (Lipinski definition) is 1. The second kappa shape index (κ2) is 6.55. The number of halogens is 2. The number of imidazole rings is 1. The second-order valence-corrected chi connectivity index (χ2v) is 7.03. The van der Waals surface area contributed by atoms with Gasteiger partial charge < -0.3 is 4.40 Å². The maximum atomic E-state index is 6.23. The summed E-state index contributed by atoms with van der Waals surface area (Å²) >= 11 is 12.4. The van der Waals surface area contributed by atoms with Crippen LogP contribution in [0.2, 0.25) is 10.0 Å². The molecule has 4 heteroatoms. The highest BCUT2D eigenvalue weighted by atomic mass is 35.5. The minimum atomic E-state index is 0.688. The fourth-order valence-corrected chi connectivity index (χ4v) is 3.39. The van der Waals surface area contributed by atoms with Gasteiger partial charge in [-0.1, -0.05) is 65.2 Å². The average molecular weight is 367 g/mol. The van der Waals surface area contributed by atoms with E-state index in [1.807, 2.05) is 36.5 Å². The van der Waals surface area contributed by atoms with E-state index in [-0.39, 0.29) is 0 Å². The molecule has 2 nitrogen and oxygen atoms in total. The van der Waals surface area contributed by atoms with Gasteiger partial charge in [-0.25, -0.2) is 4.98 Å². The molecule has 0 fully saturated rings. The van der Waals surface area contributed by atoms with Gasteiger partial charge in [0.05, 0.1) is 16.4 Å². The maximum absolute atomic E-state index is 6.23. The molecule has 0 radical (unpaired) electrons. The van der Waals surface area contributed by atoms with Gasteiger partial charge in [-0.3, -0.25) is 0 Å². The number of hydrogen-bond donors (Lipinski definition) is 0. The highest BCUT2D eigenvalue weighted by molar-refractivity contribution is 6.30. The largest absolute Gasteiger partial charge is 0.302 e.